The summed E-state index contributed by atoms with van der Waals surface area (Å²) in [7, 11) is 0. The maximum absolute atomic E-state index is 13.3. The fourth-order valence-electron chi connectivity index (χ4n) is 4.56. The highest BCUT2D eigenvalue weighted by Crippen LogP contribution is 2.45. The number of amides is 1. The molecule has 1 aliphatic carbocycles. The van der Waals surface area contributed by atoms with Gasteiger partial charge in [-0.3, -0.25) is 14.4 Å². The summed E-state index contributed by atoms with van der Waals surface area (Å²) in [6.07, 6.45) is 1.27. The van der Waals surface area contributed by atoms with Crippen LogP contribution in [0.5, 0.6) is 0 Å². The first-order chi connectivity index (χ1) is 15.3. The van der Waals surface area contributed by atoms with E-state index in [-0.39, 0.29) is 39.8 Å². The quantitative estimate of drug-likeness (QED) is 0.511. The number of aliphatic hydroxyl groups is 1. The number of hydrogen-bond acceptors (Lipinski definition) is 6. The van der Waals surface area contributed by atoms with Crippen LogP contribution < -0.4 is 10.7 Å². The second kappa shape index (κ2) is 8.06. The molecule has 0 atom stereocenters. The number of Topliss-reactive ketones (excluding diaryl/α,β-unsaturated/α-hetero) is 1. The molecule has 6 nitrogen and oxygen atoms in total. The van der Waals surface area contributed by atoms with Crippen molar-refractivity contribution in [1.29, 1.82) is 0 Å². The third kappa shape index (κ3) is 3.19. The Balaban J connectivity index is 1.95. The number of rotatable bonds is 5. The van der Waals surface area contributed by atoms with Crippen molar-refractivity contribution in [3.05, 3.63) is 56.8 Å². The Morgan fingerprint density at radius 2 is 1.88 bits per heavy atom. The number of aliphatic hydroxyl groups excluding tert-OH is 1. The van der Waals surface area contributed by atoms with Gasteiger partial charge in [0.1, 0.15) is 22.8 Å². The summed E-state index contributed by atoms with van der Waals surface area (Å²) in [4.78, 5) is 37.9. The van der Waals surface area contributed by atoms with Gasteiger partial charge in [0.05, 0.1) is 5.41 Å². The molecule has 1 amide bonds. The predicted octanol–water partition coefficient (Wildman–Crippen LogP) is 5.80. The van der Waals surface area contributed by atoms with E-state index in [0.717, 1.165) is 15.6 Å². The topological polar surface area (TPSA) is 96.6 Å². The number of hydrogen-bond donors (Lipinski definition) is 2. The number of fused-ring (bicyclic) bond motifs is 2. The molecule has 3 aromatic rings. The average molecular weight is 452 g/mol. The van der Waals surface area contributed by atoms with E-state index >= 15 is 0 Å². The van der Waals surface area contributed by atoms with Gasteiger partial charge in [-0.1, -0.05) is 26.8 Å². The molecule has 1 aliphatic rings. The minimum atomic E-state index is -0.980. The van der Waals surface area contributed by atoms with Crippen molar-refractivity contribution in [2.75, 3.05) is 5.32 Å². The second-order valence-corrected chi connectivity index (χ2v) is 8.93. The van der Waals surface area contributed by atoms with Crippen LogP contribution in [-0.4, -0.2) is 16.8 Å². The summed E-state index contributed by atoms with van der Waals surface area (Å²) < 4.78 is 7.21. The van der Waals surface area contributed by atoms with Crippen LogP contribution in [0.25, 0.3) is 27.2 Å². The average Bonchev–Trinajstić information content (AvgIpc) is 3.17. The van der Waals surface area contributed by atoms with E-state index in [9.17, 15) is 19.5 Å². The Labute approximate surface area is 189 Å². The second-order valence-electron chi connectivity index (χ2n) is 8.02. The number of carbonyl (C=O) groups is 2. The van der Waals surface area contributed by atoms with Gasteiger partial charge in [0, 0.05) is 45.3 Å². The molecular weight excluding hydrogens is 426 g/mol. The highest BCUT2D eigenvalue weighted by Gasteiger charge is 2.48. The zero-order chi connectivity index (χ0) is 23.2. The third-order valence-corrected chi connectivity index (χ3v) is 7.28. The van der Waals surface area contributed by atoms with Crippen molar-refractivity contribution in [2.45, 2.75) is 52.4 Å². The molecular formula is C25H25NO5S. The minimum absolute atomic E-state index is 0.0985. The molecule has 0 saturated carbocycles. The highest BCUT2D eigenvalue weighted by molar-refractivity contribution is 7.17. The van der Waals surface area contributed by atoms with Gasteiger partial charge in [0.15, 0.2) is 11.2 Å². The van der Waals surface area contributed by atoms with Crippen molar-refractivity contribution < 1.29 is 19.1 Å². The molecule has 2 N–H and O–H groups in total. The lowest BCUT2D eigenvalue weighted by Gasteiger charge is -2.35. The normalized spacial score (nSPS) is 15.2. The van der Waals surface area contributed by atoms with Crippen LogP contribution in [-0.2, 0) is 15.0 Å². The largest absolute Gasteiger partial charge is 0.507 e. The van der Waals surface area contributed by atoms with Gasteiger partial charge < -0.3 is 14.8 Å². The smallest absolute Gasteiger partial charge is 0.221 e. The molecule has 7 heteroatoms. The predicted molar refractivity (Wildman–Crippen MR) is 127 cm³/mol. The molecule has 0 unspecified atom stereocenters. The lowest BCUT2D eigenvalue weighted by atomic mass is 9.68. The van der Waals surface area contributed by atoms with Crippen molar-refractivity contribution in [3.8, 4) is 11.3 Å². The van der Waals surface area contributed by atoms with Crippen LogP contribution in [0.3, 0.4) is 0 Å². The summed E-state index contributed by atoms with van der Waals surface area (Å²) >= 11 is 1.47. The molecule has 2 heterocycles. The van der Waals surface area contributed by atoms with Crippen molar-refractivity contribution in [3.63, 3.8) is 0 Å². The standard InChI is InChI=1S/C25H25NO5S/c1-5-15-22(29)21-18(28)11-19(31-24(21)25(6-2,7-3)23(15)30)17-12-32-20-10-14(26-13(4)27)8-9-16(17)20/h8-12,29H,5-7H2,1-4H3,(H,26,27). The number of allylic oxidation sites excluding steroid dienone is 1. The van der Waals surface area contributed by atoms with E-state index in [4.69, 9.17) is 4.42 Å². The van der Waals surface area contributed by atoms with E-state index in [1.165, 1.54) is 24.3 Å². The molecule has 32 heavy (non-hydrogen) atoms. The molecule has 1 aromatic carbocycles. The fourth-order valence-corrected chi connectivity index (χ4v) is 5.55. The molecule has 4 rings (SSSR count). The molecule has 0 bridgehead atoms. The van der Waals surface area contributed by atoms with Gasteiger partial charge in [-0.25, -0.2) is 0 Å². The van der Waals surface area contributed by atoms with Crippen LogP contribution in [0.1, 0.15) is 58.3 Å². The van der Waals surface area contributed by atoms with Gasteiger partial charge in [-0.2, -0.15) is 0 Å². The molecule has 0 radical (unpaired) electrons. The van der Waals surface area contributed by atoms with E-state index < -0.39 is 5.41 Å². The van der Waals surface area contributed by atoms with Gasteiger partial charge in [-0.05, 0) is 31.4 Å². The Hall–Kier alpha value is -3.19. The Morgan fingerprint density at radius 1 is 1.16 bits per heavy atom. The molecule has 0 fully saturated rings. The number of nitrogens with one attached hydrogen (secondary N) is 1. The fraction of sp³-hybridized carbons (Fsp3) is 0.320. The highest BCUT2D eigenvalue weighted by atomic mass is 32.1. The summed E-state index contributed by atoms with van der Waals surface area (Å²) in [5.41, 5.74) is 0.463. The lowest BCUT2D eigenvalue weighted by molar-refractivity contribution is -0.122. The van der Waals surface area contributed by atoms with Crippen LogP contribution in [0.15, 0.2) is 44.4 Å². The van der Waals surface area contributed by atoms with Crippen LogP contribution in [0, 0.1) is 0 Å². The Morgan fingerprint density at radius 3 is 2.50 bits per heavy atom. The van der Waals surface area contributed by atoms with E-state index in [1.807, 2.05) is 31.4 Å². The van der Waals surface area contributed by atoms with Crippen molar-refractivity contribution in [1.82, 2.24) is 0 Å². The van der Waals surface area contributed by atoms with Crippen LogP contribution >= 0.6 is 11.3 Å². The molecule has 0 spiro atoms. The summed E-state index contributed by atoms with van der Waals surface area (Å²) in [6, 6.07) is 6.92. The summed E-state index contributed by atoms with van der Waals surface area (Å²) in [5, 5.41) is 16.3. The third-order valence-electron chi connectivity index (χ3n) is 6.34. The minimum Gasteiger partial charge on any atom is -0.507 e. The molecule has 166 valence electrons. The molecule has 0 saturated heterocycles. The monoisotopic (exact) mass is 451 g/mol. The number of benzene rings is 1. The first-order valence-corrected chi connectivity index (χ1v) is 11.6. The van der Waals surface area contributed by atoms with Gasteiger partial charge in [-0.15, -0.1) is 11.3 Å². The lowest BCUT2D eigenvalue weighted by Crippen LogP contribution is -2.41. The maximum atomic E-state index is 13.3. The SMILES string of the molecule is CCC1=C(O)c2c(oc(-c3csc4cc(NC(C)=O)ccc34)cc2=O)C(CC)(CC)C1=O. The summed E-state index contributed by atoms with van der Waals surface area (Å²) in [6.45, 7) is 7.05. The maximum Gasteiger partial charge on any atom is 0.221 e. The molecule has 0 aliphatic heterocycles. The van der Waals surface area contributed by atoms with Crippen LogP contribution in [0.4, 0.5) is 5.69 Å². The van der Waals surface area contributed by atoms with Gasteiger partial charge in [0.25, 0.3) is 0 Å². The number of thiophene rings is 1. The van der Waals surface area contributed by atoms with Crippen molar-refractivity contribution >= 4 is 44.6 Å². The zero-order valence-electron chi connectivity index (χ0n) is 18.5. The van der Waals surface area contributed by atoms with E-state index in [1.54, 1.807) is 13.0 Å². The van der Waals surface area contributed by atoms with Gasteiger partial charge >= 0.3 is 0 Å². The Bertz CT molecular complexity index is 1340. The molecule has 2 aromatic heterocycles. The van der Waals surface area contributed by atoms with Gasteiger partial charge in [0.2, 0.25) is 5.91 Å². The van der Waals surface area contributed by atoms with E-state index in [0.29, 0.717) is 30.7 Å². The van der Waals surface area contributed by atoms with E-state index in [2.05, 4.69) is 5.32 Å². The zero-order valence-corrected chi connectivity index (χ0v) is 19.3. The van der Waals surface area contributed by atoms with Crippen LogP contribution in [0.2, 0.25) is 0 Å². The van der Waals surface area contributed by atoms with Crippen molar-refractivity contribution in [2.24, 2.45) is 0 Å². The first-order valence-electron chi connectivity index (χ1n) is 10.7. The Kier molecular flexibility index (Phi) is 5.54. The number of ketones is 1. The summed E-state index contributed by atoms with van der Waals surface area (Å²) in [5.74, 6) is 0.0187. The number of anilines is 1. The number of carbonyl (C=O) groups excluding carboxylic acids is 2. The first kappa shape index (κ1) is 22.0.